The smallest absolute Gasteiger partial charge is 0.170 e. The highest BCUT2D eigenvalue weighted by molar-refractivity contribution is 9.10. The second-order valence-corrected chi connectivity index (χ2v) is 6.19. The van der Waals surface area contributed by atoms with Gasteiger partial charge in [0, 0.05) is 10.1 Å². The number of thiophene rings is 1. The molecule has 3 nitrogen and oxygen atoms in total. The maximum absolute atomic E-state index is 5.99. The highest BCUT2D eigenvalue weighted by atomic mass is 79.9. The summed E-state index contributed by atoms with van der Waals surface area (Å²) in [6, 6.07) is 9.98. The average molecular weight is 339 g/mol. The number of halogens is 2. The minimum absolute atomic E-state index is 0.450. The molecule has 0 saturated carbocycles. The Labute approximate surface area is 119 Å². The molecule has 0 atom stereocenters. The van der Waals surface area contributed by atoms with E-state index in [9.17, 15) is 0 Å². The van der Waals surface area contributed by atoms with Gasteiger partial charge in [-0.25, -0.2) is 9.50 Å². The van der Waals surface area contributed by atoms with E-state index in [2.05, 4.69) is 38.1 Å². The normalized spacial score (nSPS) is 11.9. The first-order valence-corrected chi connectivity index (χ1v) is 7.25. The Morgan fingerprint density at radius 2 is 2.11 bits per heavy atom. The monoisotopic (exact) mass is 337 g/mol. The second kappa shape index (κ2) is 3.66. The van der Waals surface area contributed by atoms with E-state index in [4.69, 9.17) is 11.6 Å². The summed E-state index contributed by atoms with van der Waals surface area (Å²) in [5.41, 5.74) is 1.78. The minimum atomic E-state index is 0.450. The van der Waals surface area contributed by atoms with Crippen molar-refractivity contribution >= 4 is 64.9 Å². The van der Waals surface area contributed by atoms with Crippen molar-refractivity contribution in [3.8, 4) is 0 Å². The lowest BCUT2D eigenvalue weighted by Gasteiger charge is -1.96. The van der Waals surface area contributed by atoms with Crippen molar-refractivity contribution in [2.45, 2.75) is 0 Å². The van der Waals surface area contributed by atoms with Gasteiger partial charge in [0.1, 0.15) is 10.3 Å². The zero-order valence-electron chi connectivity index (χ0n) is 8.89. The molecule has 3 aromatic heterocycles. The van der Waals surface area contributed by atoms with Crippen LogP contribution in [0.25, 0.3) is 26.1 Å². The molecule has 0 unspecified atom stereocenters. The molecule has 88 valence electrons. The summed E-state index contributed by atoms with van der Waals surface area (Å²) in [5, 5.41) is 5.93. The van der Waals surface area contributed by atoms with E-state index in [0.717, 1.165) is 25.9 Å². The average Bonchev–Trinajstić information content (AvgIpc) is 2.86. The van der Waals surface area contributed by atoms with Gasteiger partial charge >= 0.3 is 0 Å². The summed E-state index contributed by atoms with van der Waals surface area (Å²) in [4.78, 5) is 5.67. The number of fused-ring (bicyclic) bond motifs is 5. The highest BCUT2D eigenvalue weighted by Crippen LogP contribution is 2.35. The van der Waals surface area contributed by atoms with Crippen molar-refractivity contribution in [2.24, 2.45) is 0 Å². The Hall–Kier alpha value is -1.17. The van der Waals surface area contributed by atoms with Crippen LogP contribution in [-0.4, -0.2) is 14.6 Å². The Kier molecular flexibility index (Phi) is 2.18. The molecule has 0 aliphatic carbocycles. The van der Waals surface area contributed by atoms with E-state index in [1.807, 2.05) is 12.1 Å². The van der Waals surface area contributed by atoms with E-state index >= 15 is 0 Å². The lowest BCUT2D eigenvalue weighted by molar-refractivity contribution is 0.967. The van der Waals surface area contributed by atoms with Crippen LogP contribution >= 0.6 is 38.9 Å². The van der Waals surface area contributed by atoms with Crippen molar-refractivity contribution < 1.29 is 0 Å². The van der Waals surface area contributed by atoms with E-state index in [-0.39, 0.29) is 0 Å². The fourth-order valence-electron chi connectivity index (χ4n) is 2.06. The summed E-state index contributed by atoms with van der Waals surface area (Å²) in [7, 11) is 0. The SMILES string of the molecule is Clc1cc(Br)c2nc3c4ccccc4sc3n2n1. The summed E-state index contributed by atoms with van der Waals surface area (Å²) in [6.07, 6.45) is 0. The molecule has 4 aromatic rings. The lowest BCUT2D eigenvalue weighted by atomic mass is 10.2. The molecular weight excluding hydrogens is 334 g/mol. The molecule has 0 bridgehead atoms. The number of aromatic nitrogens is 3. The van der Waals surface area contributed by atoms with Crippen LogP contribution in [0.4, 0.5) is 0 Å². The topological polar surface area (TPSA) is 30.2 Å². The van der Waals surface area contributed by atoms with Crippen LogP contribution in [0.5, 0.6) is 0 Å². The third kappa shape index (κ3) is 1.35. The summed E-state index contributed by atoms with van der Waals surface area (Å²) in [5.74, 6) is 0. The fraction of sp³-hybridized carbons (Fsp3) is 0. The van der Waals surface area contributed by atoms with Gasteiger partial charge in [0.25, 0.3) is 0 Å². The van der Waals surface area contributed by atoms with Gasteiger partial charge in [0.05, 0.1) is 4.47 Å². The predicted octanol–water partition coefficient (Wildman–Crippen LogP) is 4.51. The fourth-order valence-corrected chi connectivity index (χ4v) is 3.95. The summed E-state index contributed by atoms with van der Waals surface area (Å²) < 4.78 is 3.86. The standard InChI is InChI=1S/C12H5BrClN3S/c13-7-5-9(14)16-17-11(7)15-10-6-3-1-2-4-8(6)18-12(10)17/h1-5H. The third-order valence-corrected chi connectivity index (χ3v) is 4.72. The number of rotatable bonds is 0. The van der Waals surface area contributed by atoms with Gasteiger partial charge in [0.2, 0.25) is 0 Å². The first-order chi connectivity index (χ1) is 8.74. The van der Waals surface area contributed by atoms with Crippen LogP contribution in [0, 0.1) is 0 Å². The Morgan fingerprint density at radius 1 is 1.28 bits per heavy atom. The maximum atomic E-state index is 5.99. The maximum Gasteiger partial charge on any atom is 0.170 e. The van der Waals surface area contributed by atoms with Crippen LogP contribution in [0.2, 0.25) is 5.15 Å². The van der Waals surface area contributed by atoms with Gasteiger partial charge in [-0.15, -0.1) is 11.3 Å². The van der Waals surface area contributed by atoms with Crippen molar-refractivity contribution in [2.75, 3.05) is 0 Å². The third-order valence-electron chi connectivity index (χ3n) is 2.82. The molecule has 0 fully saturated rings. The largest absolute Gasteiger partial charge is 0.224 e. The Morgan fingerprint density at radius 3 is 3.00 bits per heavy atom. The molecule has 0 saturated heterocycles. The molecule has 3 heterocycles. The van der Waals surface area contributed by atoms with Gasteiger partial charge in [-0.1, -0.05) is 29.8 Å². The molecule has 1 aromatic carbocycles. The molecule has 0 N–H and O–H groups in total. The first kappa shape index (κ1) is 10.7. The van der Waals surface area contributed by atoms with Gasteiger partial charge in [0.15, 0.2) is 10.8 Å². The van der Waals surface area contributed by atoms with Crippen molar-refractivity contribution in [3.63, 3.8) is 0 Å². The quantitative estimate of drug-likeness (QED) is 0.472. The molecule has 18 heavy (non-hydrogen) atoms. The molecule has 6 heteroatoms. The van der Waals surface area contributed by atoms with E-state index in [1.165, 1.54) is 4.70 Å². The van der Waals surface area contributed by atoms with E-state index < -0.39 is 0 Å². The van der Waals surface area contributed by atoms with Gasteiger partial charge in [-0.05, 0) is 28.1 Å². The molecule has 0 amide bonds. The van der Waals surface area contributed by atoms with Gasteiger partial charge in [-0.3, -0.25) is 0 Å². The van der Waals surface area contributed by atoms with Gasteiger partial charge < -0.3 is 0 Å². The number of hydrogen-bond donors (Lipinski definition) is 0. The van der Waals surface area contributed by atoms with Crippen molar-refractivity contribution in [3.05, 3.63) is 40.0 Å². The summed E-state index contributed by atoms with van der Waals surface area (Å²) >= 11 is 11.1. The minimum Gasteiger partial charge on any atom is -0.224 e. The van der Waals surface area contributed by atoms with Crippen LogP contribution in [0.1, 0.15) is 0 Å². The molecule has 0 aliphatic rings. The Bertz CT molecular complexity index is 912. The first-order valence-electron chi connectivity index (χ1n) is 5.26. The second-order valence-electron chi connectivity index (χ2n) is 3.91. The van der Waals surface area contributed by atoms with Crippen LogP contribution in [-0.2, 0) is 0 Å². The van der Waals surface area contributed by atoms with Crippen LogP contribution in [0.15, 0.2) is 34.8 Å². The molecule has 0 radical (unpaired) electrons. The number of imidazole rings is 1. The van der Waals surface area contributed by atoms with E-state index in [0.29, 0.717) is 5.15 Å². The molecular formula is C12H5BrClN3S. The zero-order valence-corrected chi connectivity index (χ0v) is 12.1. The van der Waals surface area contributed by atoms with Gasteiger partial charge in [-0.2, -0.15) is 5.10 Å². The number of benzene rings is 1. The van der Waals surface area contributed by atoms with Crippen LogP contribution < -0.4 is 0 Å². The van der Waals surface area contributed by atoms with E-state index in [1.54, 1.807) is 21.9 Å². The van der Waals surface area contributed by atoms with Crippen LogP contribution in [0.3, 0.4) is 0 Å². The highest BCUT2D eigenvalue weighted by Gasteiger charge is 2.14. The molecule has 0 aliphatic heterocycles. The Balaban J connectivity index is 2.31. The summed E-state index contributed by atoms with van der Waals surface area (Å²) in [6.45, 7) is 0. The lowest BCUT2D eigenvalue weighted by Crippen LogP contribution is -1.91. The number of hydrogen-bond acceptors (Lipinski definition) is 3. The molecule has 0 spiro atoms. The van der Waals surface area contributed by atoms with Crippen molar-refractivity contribution in [1.29, 1.82) is 0 Å². The van der Waals surface area contributed by atoms with Crippen molar-refractivity contribution in [1.82, 2.24) is 14.6 Å². The predicted molar refractivity (Wildman–Crippen MR) is 78.6 cm³/mol. The molecule has 4 rings (SSSR count). The number of nitrogens with zero attached hydrogens (tertiary/aromatic N) is 3. The zero-order chi connectivity index (χ0) is 12.3.